The molecule has 0 saturated carbocycles. The van der Waals surface area contributed by atoms with Crippen molar-refractivity contribution in [1.82, 2.24) is 5.32 Å². The molecule has 4 aromatic carbocycles. The predicted octanol–water partition coefficient (Wildman–Crippen LogP) is 6.05. The molecular weight excluding hydrogens is 446 g/mol. The van der Waals surface area contributed by atoms with Gasteiger partial charge in [-0.3, -0.25) is 0 Å². The van der Waals surface area contributed by atoms with Gasteiger partial charge in [0, 0.05) is 12.1 Å². The molecular formula is C32H37NO3. The number of hydrogen-bond donors (Lipinski definition) is 3. The number of nitrogens with one attached hydrogen (secondary N) is 1. The Morgan fingerprint density at radius 2 is 1.50 bits per heavy atom. The third-order valence-electron chi connectivity index (χ3n) is 6.66. The van der Waals surface area contributed by atoms with Gasteiger partial charge < -0.3 is 20.3 Å². The lowest BCUT2D eigenvalue weighted by atomic mass is 9.93. The van der Waals surface area contributed by atoms with Crippen molar-refractivity contribution in [3.63, 3.8) is 0 Å². The van der Waals surface area contributed by atoms with E-state index < -0.39 is 6.10 Å². The molecule has 0 aliphatic rings. The molecule has 0 aliphatic carbocycles. The molecule has 0 spiro atoms. The summed E-state index contributed by atoms with van der Waals surface area (Å²) in [5.74, 6) is 0. The van der Waals surface area contributed by atoms with Crippen molar-refractivity contribution in [2.24, 2.45) is 0 Å². The summed E-state index contributed by atoms with van der Waals surface area (Å²) < 4.78 is 6.10. The molecule has 3 N–H and O–H groups in total. The number of benzene rings is 4. The zero-order valence-electron chi connectivity index (χ0n) is 21.4. The topological polar surface area (TPSA) is 61.7 Å². The predicted molar refractivity (Wildman–Crippen MR) is 148 cm³/mol. The van der Waals surface area contributed by atoms with Gasteiger partial charge in [-0.25, -0.2) is 0 Å². The maximum atomic E-state index is 10.6. The summed E-state index contributed by atoms with van der Waals surface area (Å²) in [6.07, 6.45) is 0.0860. The molecule has 4 rings (SSSR count). The number of β-amino-alcohol motifs (C(OH)–C–C–N with tert-alkyl or cyclic N) is 1. The summed E-state index contributed by atoms with van der Waals surface area (Å²) in [5, 5.41) is 26.0. The zero-order chi connectivity index (χ0) is 25.5. The van der Waals surface area contributed by atoms with E-state index in [0.717, 1.165) is 28.7 Å². The summed E-state index contributed by atoms with van der Waals surface area (Å²) in [4.78, 5) is 0. The molecule has 188 valence electrons. The molecule has 4 nitrogen and oxygen atoms in total. The molecule has 4 aromatic rings. The Morgan fingerprint density at radius 3 is 2.25 bits per heavy atom. The van der Waals surface area contributed by atoms with Gasteiger partial charge in [0.15, 0.2) is 0 Å². The molecule has 0 aliphatic heterocycles. The van der Waals surface area contributed by atoms with Crippen LogP contribution < -0.4 is 5.32 Å². The van der Waals surface area contributed by atoms with Crippen LogP contribution in [0.2, 0.25) is 0 Å². The third-order valence-corrected chi connectivity index (χ3v) is 6.66. The Balaban J connectivity index is 1.31. The summed E-state index contributed by atoms with van der Waals surface area (Å²) in [7, 11) is 0. The van der Waals surface area contributed by atoms with Gasteiger partial charge in [0.2, 0.25) is 0 Å². The van der Waals surface area contributed by atoms with E-state index in [4.69, 9.17) is 4.74 Å². The van der Waals surface area contributed by atoms with Crippen LogP contribution in [0.15, 0.2) is 91.0 Å². The number of ether oxygens (including phenoxy) is 1. The molecule has 0 heterocycles. The minimum Gasteiger partial charge on any atom is -0.392 e. The Labute approximate surface area is 214 Å². The second-order valence-corrected chi connectivity index (χ2v) is 10.2. The molecule has 0 bridgehead atoms. The van der Waals surface area contributed by atoms with Crippen molar-refractivity contribution >= 4 is 10.8 Å². The second-order valence-electron chi connectivity index (χ2n) is 10.2. The fourth-order valence-corrected chi connectivity index (χ4v) is 4.62. The lowest BCUT2D eigenvalue weighted by Gasteiger charge is -2.28. The van der Waals surface area contributed by atoms with Gasteiger partial charge >= 0.3 is 0 Å². The Hall–Kier alpha value is -3.02. The Bertz CT molecular complexity index is 1270. The van der Waals surface area contributed by atoms with Crippen LogP contribution in [0.1, 0.15) is 43.6 Å². The first-order valence-corrected chi connectivity index (χ1v) is 12.7. The lowest BCUT2D eigenvalue weighted by molar-refractivity contribution is -0.00397. The first-order chi connectivity index (χ1) is 17.3. The highest BCUT2D eigenvalue weighted by molar-refractivity contribution is 5.83. The third kappa shape index (κ3) is 6.80. The number of aliphatic hydroxyl groups is 2. The largest absolute Gasteiger partial charge is 0.392 e. The van der Waals surface area contributed by atoms with Gasteiger partial charge in [-0.05, 0) is 65.8 Å². The van der Waals surface area contributed by atoms with E-state index in [0.29, 0.717) is 6.54 Å². The number of hydrogen-bond acceptors (Lipinski definition) is 4. The maximum Gasteiger partial charge on any atom is 0.0898 e. The average Bonchev–Trinajstić information content (AvgIpc) is 2.90. The van der Waals surface area contributed by atoms with Gasteiger partial charge in [-0.2, -0.15) is 0 Å². The van der Waals surface area contributed by atoms with Crippen LogP contribution in [-0.2, 0) is 17.8 Å². The van der Waals surface area contributed by atoms with E-state index in [1.54, 1.807) is 0 Å². The van der Waals surface area contributed by atoms with Crippen LogP contribution in [0.25, 0.3) is 21.9 Å². The van der Waals surface area contributed by atoms with Crippen LogP contribution in [0.5, 0.6) is 0 Å². The highest BCUT2D eigenvalue weighted by Gasteiger charge is 2.20. The first kappa shape index (κ1) is 26.1. The van der Waals surface area contributed by atoms with Gasteiger partial charge in [-0.1, -0.05) is 91.0 Å². The summed E-state index contributed by atoms with van der Waals surface area (Å²) in [5.41, 5.74) is 5.25. The molecule has 36 heavy (non-hydrogen) atoms. The Morgan fingerprint density at radius 1 is 0.833 bits per heavy atom. The minimum atomic E-state index is -0.612. The first-order valence-electron chi connectivity index (χ1n) is 12.7. The van der Waals surface area contributed by atoms with Crippen molar-refractivity contribution < 1.29 is 14.9 Å². The van der Waals surface area contributed by atoms with Gasteiger partial charge in [0.1, 0.15) is 0 Å². The van der Waals surface area contributed by atoms with Crippen LogP contribution in [0, 0.1) is 0 Å². The van der Waals surface area contributed by atoms with Crippen LogP contribution in [-0.4, -0.2) is 35.0 Å². The van der Waals surface area contributed by atoms with Crippen molar-refractivity contribution in [3.05, 3.63) is 108 Å². The van der Waals surface area contributed by atoms with Crippen LogP contribution in [0.4, 0.5) is 0 Å². The summed E-state index contributed by atoms with van der Waals surface area (Å²) >= 11 is 0. The Kier molecular flexibility index (Phi) is 8.55. The zero-order valence-corrected chi connectivity index (χ0v) is 21.4. The van der Waals surface area contributed by atoms with Crippen molar-refractivity contribution in [1.29, 1.82) is 0 Å². The molecule has 0 amide bonds. The van der Waals surface area contributed by atoms with Crippen molar-refractivity contribution in [2.75, 3.05) is 13.2 Å². The summed E-state index contributed by atoms with van der Waals surface area (Å²) in [6.45, 7) is 7.08. The maximum absolute atomic E-state index is 10.6. The highest BCUT2D eigenvalue weighted by Crippen LogP contribution is 2.30. The number of rotatable bonds is 11. The second kappa shape index (κ2) is 11.8. The SMILES string of the molecule is CC(OC[C@H](O)CNC(C)(C)Cc1ccc2ccccc2c1)c1ccccc1-c1ccc(CO)cc1. The average molecular weight is 484 g/mol. The van der Waals surface area contributed by atoms with E-state index >= 15 is 0 Å². The molecule has 0 fully saturated rings. The van der Waals surface area contributed by atoms with E-state index in [2.05, 4.69) is 73.8 Å². The van der Waals surface area contributed by atoms with Gasteiger partial charge in [0.05, 0.1) is 25.4 Å². The van der Waals surface area contributed by atoms with E-state index in [9.17, 15) is 10.2 Å². The molecule has 1 unspecified atom stereocenters. The normalized spacial score (nSPS) is 13.6. The van der Waals surface area contributed by atoms with E-state index in [1.807, 2.05) is 43.3 Å². The lowest BCUT2D eigenvalue weighted by Crippen LogP contribution is -2.46. The summed E-state index contributed by atoms with van der Waals surface area (Å²) in [6, 6.07) is 31.1. The van der Waals surface area contributed by atoms with Crippen LogP contribution >= 0.6 is 0 Å². The molecule has 0 saturated heterocycles. The fourth-order valence-electron chi connectivity index (χ4n) is 4.62. The van der Waals surface area contributed by atoms with Gasteiger partial charge in [0.25, 0.3) is 0 Å². The quantitative estimate of drug-likeness (QED) is 0.243. The highest BCUT2D eigenvalue weighted by atomic mass is 16.5. The van der Waals surface area contributed by atoms with Gasteiger partial charge in [-0.15, -0.1) is 0 Å². The van der Waals surface area contributed by atoms with Crippen molar-refractivity contribution in [3.8, 4) is 11.1 Å². The van der Waals surface area contributed by atoms with E-state index in [-0.39, 0.29) is 24.9 Å². The van der Waals surface area contributed by atoms with Crippen LogP contribution in [0.3, 0.4) is 0 Å². The molecule has 0 aromatic heterocycles. The molecule has 4 heteroatoms. The van der Waals surface area contributed by atoms with E-state index in [1.165, 1.54) is 16.3 Å². The monoisotopic (exact) mass is 483 g/mol. The standard InChI is InChI=1S/C32H37NO3/c1-23(30-10-6-7-11-31(30)27-16-12-24(21-34)13-17-27)36-22-29(35)20-33-32(2,3)19-25-14-15-26-8-4-5-9-28(26)18-25/h4-18,23,29,33-35H,19-22H2,1-3H3/t23?,29-/m1/s1. The fraction of sp³-hybridized carbons (Fsp3) is 0.312. The number of aliphatic hydroxyl groups excluding tert-OH is 2. The number of fused-ring (bicyclic) bond motifs is 1. The smallest absolute Gasteiger partial charge is 0.0898 e. The van der Waals surface area contributed by atoms with Crippen molar-refractivity contribution in [2.45, 2.75) is 51.5 Å². The molecule has 2 atom stereocenters. The molecule has 0 radical (unpaired) electrons. The minimum absolute atomic E-state index is 0.0342.